The van der Waals surface area contributed by atoms with Gasteiger partial charge >= 0.3 is 5.97 Å². The zero-order valence-electron chi connectivity index (χ0n) is 16.4. The maximum Gasteiger partial charge on any atom is 0.357 e. The van der Waals surface area contributed by atoms with Crippen LogP contribution in [-0.4, -0.2) is 38.7 Å². The minimum atomic E-state index is -1.19. The van der Waals surface area contributed by atoms with Gasteiger partial charge in [0.2, 0.25) is 0 Å². The molecule has 0 fully saturated rings. The summed E-state index contributed by atoms with van der Waals surface area (Å²) >= 11 is 7.36. The number of thioether (sulfide) groups is 1. The largest absolute Gasteiger partial charge is 0.448 e. The molecule has 1 atom stereocenters. The number of aromatic nitrogens is 2. The van der Waals surface area contributed by atoms with Gasteiger partial charge in [-0.2, -0.15) is 0 Å². The Morgan fingerprint density at radius 3 is 2.61 bits per heavy atom. The van der Waals surface area contributed by atoms with E-state index < -0.39 is 22.9 Å². The summed E-state index contributed by atoms with van der Waals surface area (Å²) in [6.07, 6.45) is 2.01. The number of nitrogens with zero attached hydrogens (tertiary/aromatic N) is 3. The molecule has 11 heteroatoms. The van der Waals surface area contributed by atoms with Crippen molar-refractivity contribution in [2.45, 2.75) is 18.2 Å². The summed E-state index contributed by atoms with van der Waals surface area (Å²) in [6.45, 7) is 1.39. The van der Waals surface area contributed by atoms with Crippen molar-refractivity contribution in [3.05, 3.63) is 75.6 Å². The topological polar surface area (TPSA) is 116 Å². The number of hydrogen-bond donors (Lipinski definition) is 1. The number of nitro groups is 1. The zero-order chi connectivity index (χ0) is 22.5. The third-order valence-corrected chi connectivity index (χ3v) is 5.19. The van der Waals surface area contributed by atoms with E-state index in [1.165, 1.54) is 37.0 Å². The highest BCUT2D eigenvalue weighted by Gasteiger charge is 2.24. The highest BCUT2D eigenvalue weighted by Crippen LogP contribution is 2.27. The molecule has 3 rings (SSSR count). The molecular formula is C20H17ClN4O5S. The van der Waals surface area contributed by atoms with Gasteiger partial charge in [-0.25, -0.2) is 9.78 Å². The number of carbonyl (C=O) groups excluding carboxylic acids is 2. The second kappa shape index (κ2) is 9.63. The van der Waals surface area contributed by atoms with Crippen LogP contribution in [0.5, 0.6) is 0 Å². The zero-order valence-corrected chi connectivity index (χ0v) is 18.0. The third-order valence-electron chi connectivity index (χ3n) is 4.21. The van der Waals surface area contributed by atoms with Crippen LogP contribution >= 0.6 is 23.4 Å². The Morgan fingerprint density at radius 2 is 1.97 bits per heavy atom. The van der Waals surface area contributed by atoms with Crippen molar-refractivity contribution < 1.29 is 19.2 Å². The van der Waals surface area contributed by atoms with Crippen LogP contribution in [-0.2, 0) is 9.53 Å². The van der Waals surface area contributed by atoms with Crippen LogP contribution in [0.25, 0.3) is 5.69 Å². The summed E-state index contributed by atoms with van der Waals surface area (Å²) in [5, 5.41) is 14.1. The quantitative estimate of drug-likeness (QED) is 0.241. The Hall–Kier alpha value is -3.37. The Balaban J connectivity index is 1.77. The van der Waals surface area contributed by atoms with Gasteiger partial charge in [0.1, 0.15) is 0 Å². The van der Waals surface area contributed by atoms with Gasteiger partial charge in [-0.1, -0.05) is 41.6 Å². The minimum Gasteiger partial charge on any atom is -0.448 e. The molecule has 31 heavy (non-hydrogen) atoms. The van der Waals surface area contributed by atoms with Gasteiger partial charge in [0.05, 0.1) is 21.8 Å². The fourth-order valence-corrected chi connectivity index (χ4v) is 3.39. The summed E-state index contributed by atoms with van der Waals surface area (Å²) in [5.74, 6) is -1.43. The molecule has 0 radical (unpaired) electrons. The summed E-state index contributed by atoms with van der Waals surface area (Å²) in [7, 11) is 0. The lowest BCUT2D eigenvalue weighted by molar-refractivity contribution is -0.384. The van der Waals surface area contributed by atoms with E-state index in [9.17, 15) is 19.7 Å². The molecule has 0 aliphatic carbocycles. The fourth-order valence-electron chi connectivity index (χ4n) is 2.68. The molecule has 9 nitrogen and oxygen atoms in total. The summed E-state index contributed by atoms with van der Waals surface area (Å²) in [4.78, 5) is 39.8. The number of carbonyl (C=O) groups is 2. The van der Waals surface area contributed by atoms with Gasteiger partial charge in [0.25, 0.3) is 11.6 Å². The van der Waals surface area contributed by atoms with Gasteiger partial charge < -0.3 is 10.1 Å². The monoisotopic (exact) mass is 460 g/mol. The number of ether oxygens (including phenoxy) is 1. The first kappa shape index (κ1) is 22.3. The van der Waals surface area contributed by atoms with Gasteiger partial charge in [-0.3, -0.25) is 19.5 Å². The maximum absolute atomic E-state index is 12.8. The molecule has 160 valence electrons. The number of hydrogen-bond acceptors (Lipinski definition) is 7. The molecule has 0 saturated carbocycles. The number of anilines is 1. The van der Waals surface area contributed by atoms with E-state index in [4.69, 9.17) is 16.3 Å². The predicted molar refractivity (Wildman–Crippen MR) is 117 cm³/mol. The number of nitrogens with one attached hydrogen (secondary N) is 1. The molecule has 1 unspecified atom stereocenters. The Labute approximate surface area is 186 Å². The second-order valence-electron chi connectivity index (χ2n) is 6.26. The van der Waals surface area contributed by atoms with E-state index in [2.05, 4.69) is 10.3 Å². The number of para-hydroxylation sites is 1. The molecule has 0 spiro atoms. The standard InChI is InChI=1S/C20H17ClN4O5S/c1-12(18(26)23-16-10-14(25(28)29)8-9-15(16)21)30-19(27)17-11-22-20(31-2)24(17)13-6-4-3-5-7-13/h3-12H,1-2H3,(H,23,26). The van der Waals surface area contributed by atoms with E-state index in [0.29, 0.717) is 5.16 Å². The SMILES string of the molecule is CSc1ncc(C(=O)OC(C)C(=O)Nc2cc([N+](=O)[O-])ccc2Cl)n1-c1ccccc1. The number of nitro benzene ring substituents is 1. The Morgan fingerprint density at radius 1 is 1.26 bits per heavy atom. The number of halogens is 1. The van der Waals surface area contributed by atoms with Crippen LogP contribution in [0.2, 0.25) is 5.02 Å². The molecule has 1 N–H and O–H groups in total. The van der Waals surface area contributed by atoms with Crippen molar-refractivity contribution in [2.75, 3.05) is 11.6 Å². The number of non-ortho nitro benzene ring substituents is 1. The highest BCUT2D eigenvalue weighted by atomic mass is 35.5. The summed E-state index contributed by atoms with van der Waals surface area (Å²) in [5.41, 5.74) is 0.684. The number of amides is 1. The molecular weight excluding hydrogens is 444 g/mol. The lowest BCUT2D eigenvalue weighted by atomic mass is 10.2. The molecule has 0 saturated heterocycles. The van der Waals surface area contributed by atoms with Crippen LogP contribution in [0, 0.1) is 10.1 Å². The van der Waals surface area contributed by atoms with Gasteiger partial charge in [-0.05, 0) is 31.4 Å². The first-order chi connectivity index (χ1) is 14.8. The molecule has 1 heterocycles. The molecule has 0 aliphatic heterocycles. The molecule has 3 aromatic rings. The number of imidazole rings is 1. The first-order valence-corrected chi connectivity index (χ1v) is 10.5. The van der Waals surface area contributed by atoms with E-state index in [1.807, 2.05) is 36.6 Å². The van der Waals surface area contributed by atoms with Crippen LogP contribution in [0.15, 0.2) is 59.9 Å². The molecule has 0 bridgehead atoms. The summed E-state index contributed by atoms with van der Waals surface area (Å²) < 4.78 is 6.94. The van der Waals surface area contributed by atoms with Crippen molar-refractivity contribution in [3.8, 4) is 5.69 Å². The fraction of sp³-hybridized carbons (Fsp3) is 0.150. The second-order valence-corrected chi connectivity index (χ2v) is 7.44. The van der Waals surface area contributed by atoms with Gasteiger partial charge in [0.15, 0.2) is 17.0 Å². The minimum absolute atomic E-state index is 0.0442. The average Bonchev–Trinajstić information content (AvgIpc) is 3.20. The Kier molecular flexibility index (Phi) is 6.93. The summed E-state index contributed by atoms with van der Waals surface area (Å²) in [6, 6.07) is 12.8. The smallest absolute Gasteiger partial charge is 0.357 e. The van der Waals surface area contributed by atoms with Crippen molar-refractivity contribution in [1.82, 2.24) is 9.55 Å². The van der Waals surface area contributed by atoms with Gasteiger partial charge in [-0.15, -0.1) is 0 Å². The van der Waals surface area contributed by atoms with Crippen LogP contribution in [0.1, 0.15) is 17.4 Å². The maximum atomic E-state index is 12.8. The highest BCUT2D eigenvalue weighted by molar-refractivity contribution is 7.98. The van der Waals surface area contributed by atoms with E-state index >= 15 is 0 Å². The van der Waals surface area contributed by atoms with Crippen LogP contribution in [0.4, 0.5) is 11.4 Å². The van der Waals surface area contributed by atoms with Crippen LogP contribution < -0.4 is 5.32 Å². The average molecular weight is 461 g/mol. The Bertz CT molecular complexity index is 1140. The number of rotatable bonds is 7. The van der Waals surface area contributed by atoms with Crippen molar-refractivity contribution in [2.24, 2.45) is 0 Å². The first-order valence-electron chi connectivity index (χ1n) is 8.94. The van der Waals surface area contributed by atoms with Crippen LogP contribution in [0.3, 0.4) is 0 Å². The molecule has 1 amide bonds. The number of benzene rings is 2. The van der Waals surface area contributed by atoms with Crippen molar-refractivity contribution in [1.29, 1.82) is 0 Å². The molecule has 2 aromatic carbocycles. The lowest BCUT2D eigenvalue weighted by Gasteiger charge is -2.15. The lowest BCUT2D eigenvalue weighted by Crippen LogP contribution is -2.30. The van der Waals surface area contributed by atoms with Crippen molar-refractivity contribution >= 4 is 46.6 Å². The van der Waals surface area contributed by atoms with E-state index in [-0.39, 0.29) is 22.1 Å². The van der Waals surface area contributed by atoms with E-state index in [1.54, 1.807) is 4.57 Å². The molecule has 0 aliphatic rings. The molecule has 1 aromatic heterocycles. The number of esters is 1. The van der Waals surface area contributed by atoms with Gasteiger partial charge in [0, 0.05) is 17.8 Å². The predicted octanol–water partition coefficient (Wildman–Crippen LogP) is 4.34. The third kappa shape index (κ3) is 5.04. The normalized spacial score (nSPS) is 11.6. The van der Waals surface area contributed by atoms with E-state index in [0.717, 1.165) is 11.8 Å². The van der Waals surface area contributed by atoms with Crippen molar-refractivity contribution in [3.63, 3.8) is 0 Å².